The van der Waals surface area contributed by atoms with Gasteiger partial charge in [0.15, 0.2) is 0 Å². The molecular weight excluding hydrogens is 220 g/mol. The van der Waals surface area contributed by atoms with Gasteiger partial charge >= 0.3 is 0 Å². The molecule has 0 atom stereocenters. The molecule has 0 radical (unpaired) electrons. The van der Waals surface area contributed by atoms with Gasteiger partial charge in [0, 0.05) is 5.69 Å². The molecule has 1 heterocycles. The van der Waals surface area contributed by atoms with Crippen LogP contribution in [0.15, 0.2) is 35.7 Å². The van der Waals surface area contributed by atoms with E-state index in [-0.39, 0.29) is 5.91 Å². The molecule has 0 saturated heterocycles. The van der Waals surface area contributed by atoms with Crippen LogP contribution in [-0.4, -0.2) is 5.91 Å². The molecule has 0 aliphatic heterocycles. The summed E-state index contributed by atoms with van der Waals surface area (Å²) in [6.45, 7) is 2.00. The number of thiophene rings is 1. The number of carbonyl (C=O) groups excluding carboxylic acids is 1. The first-order chi connectivity index (χ1) is 7.66. The fourth-order valence-corrected chi connectivity index (χ4v) is 2.04. The predicted octanol–water partition coefficient (Wildman–Crippen LogP) is 2.89. The highest BCUT2D eigenvalue weighted by atomic mass is 32.1. The van der Waals surface area contributed by atoms with Crippen molar-refractivity contribution in [1.29, 1.82) is 0 Å². The maximum atomic E-state index is 11.8. The zero-order chi connectivity index (χ0) is 11.5. The molecule has 3 nitrogen and oxygen atoms in total. The van der Waals surface area contributed by atoms with E-state index in [1.165, 1.54) is 11.3 Å². The Morgan fingerprint density at radius 1 is 1.25 bits per heavy atom. The molecule has 0 fully saturated rings. The maximum absolute atomic E-state index is 11.8. The van der Waals surface area contributed by atoms with Gasteiger partial charge < -0.3 is 11.1 Å². The summed E-state index contributed by atoms with van der Waals surface area (Å²) in [5.74, 6) is -0.156. The number of amides is 1. The number of carbonyl (C=O) groups is 1. The highest BCUT2D eigenvalue weighted by Gasteiger charge is 2.10. The standard InChI is InChI=1S/C12H12N2OS/c1-8-2-4-9(5-3-8)14-12(15)11-10(13)6-7-16-11/h2-7H,13H2,1H3,(H,14,15). The van der Waals surface area contributed by atoms with Gasteiger partial charge in [-0.1, -0.05) is 17.7 Å². The summed E-state index contributed by atoms with van der Waals surface area (Å²) in [4.78, 5) is 12.4. The number of nitrogen functional groups attached to an aromatic ring is 1. The first-order valence-corrected chi connectivity index (χ1v) is 5.76. The highest BCUT2D eigenvalue weighted by Crippen LogP contribution is 2.20. The molecule has 0 saturated carbocycles. The molecule has 1 amide bonds. The quantitative estimate of drug-likeness (QED) is 0.836. The largest absolute Gasteiger partial charge is 0.397 e. The third-order valence-electron chi connectivity index (χ3n) is 2.21. The van der Waals surface area contributed by atoms with Crippen molar-refractivity contribution < 1.29 is 4.79 Å². The van der Waals surface area contributed by atoms with Crippen LogP contribution >= 0.6 is 11.3 Å². The number of nitrogens with one attached hydrogen (secondary N) is 1. The van der Waals surface area contributed by atoms with Crippen LogP contribution in [0.4, 0.5) is 11.4 Å². The molecule has 2 rings (SSSR count). The average molecular weight is 232 g/mol. The maximum Gasteiger partial charge on any atom is 0.267 e. The van der Waals surface area contributed by atoms with Gasteiger partial charge in [-0.2, -0.15) is 0 Å². The number of benzene rings is 1. The number of anilines is 2. The van der Waals surface area contributed by atoms with Gasteiger partial charge in [-0.15, -0.1) is 11.3 Å². The molecule has 2 aromatic rings. The number of nitrogens with two attached hydrogens (primary N) is 1. The molecule has 1 aromatic heterocycles. The van der Waals surface area contributed by atoms with Crippen LogP contribution in [0.3, 0.4) is 0 Å². The average Bonchev–Trinajstić information content (AvgIpc) is 2.68. The lowest BCUT2D eigenvalue weighted by molar-refractivity contribution is 0.103. The van der Waals surface area contributed by atoms with Crippen LogP contribution in [0.25, 0.3) is 0 Å². The Bertz CT molecular complexity index is 502. The lowest BCUT2D eigenvalue weighted by Gasteiger charge is -2.04. The van der Waals surface area contributed by atoms with Crippen LogP contribution in [0.1, 0.15) is 15.2 Å². The normalized spacial score (nSPS) is 10.1. The van der Waals surface area contributed by atoms with E-state index in [1.54, 1.807) is 11.4 Å². The third-order valence-corrected chi connectivity index (χ3v) is 3.14. The van der Waals surface area contributed by atoms with E-state index in [0.29, 0.717) is 10.6 Å². The minimum absolute atomic E-state index is 0.156. The molecule has 0 spiro atoms. The van der Waals surface area contributed by atoms with E-state index in [9.17, 15) is 4.79 Å². The van der Waals surface area contributed by atoms with Crippen LogP contribution in [0.5, 0.6) is 0 Å². The van der Waals surface area contributed by atoms with Gasteiger partial charge in [-0.25, -0.2) is 0 Å². The number of hydrogen-bond donors (Lipinski definition) is 2. The van der Waals surface area contributed by atoms with Crippen molar-refractivity contribution in [3.63, 3.8) is 0 Å². The third kappa shape index (κ3) is 2.23. The molecule has 4 heteroatoms. The molecule has 82 valence electrons. The van der Waals surface area contributed by atoms with Gasteiger partial charge in [0.2, 0.25) is 0 Å². The van der Waals surface area contributed by atoms with E-state index < -0.39 is 0 Å². The van der Waals surface area contributed by atoms with Crippen molar-refractivity contribution in [3.05, 3.63) is 46.2 Å². The molecule has 16 heavy (non-hydrogen) atoms. The Morgan fingerprint density at radius 2 is 1.94 bits per heavy atom. The van der Waals surface area contributed by atoms with Crippen molar-refractivity contribution in [2.75, 3.05) is 11.1 Å². The van der Waals surface area contributed by atoms with Crippen LogP contribution < -0.4 is 11.1 Å². The Hall–Kier alpha value is -1.81. The van der Waals surface area contributed by atoms with Crippen molar-refractivity contribution in [3.8, 4) is 0 Å². The molecule has 0 aliphatic carbocycles. The zero-order valence-electron chi connectivity index (χ0n) is 8.86. The van der Waals surface area contributed by atoms with Crippen LogP contribution in [0.2, 0.25) is 0 Å². The summed E-state index contributed by atoms with van der Waals surface area (Å²) in [6, 6.07) is 9.38. The molecule has 0 bridgehead atoms. The van der Waals surface area contributed by atoms with Crippen molar-refractivity contribution in [2.45, 2.75) is 6.92 Å². The van der Waals surface area contributed by atoms with Gasteiger partial charge in [-0.3, -0.25) is 4.79 Å². The zero-order valence-corrected chi connectivity index (χ0v) is 9.67. The van der Waals surface area contributed by atoms with Crippen LogP contribution in [0, 0.1) is 6.92 Å². The SMILES string of the molecule is Cc1ccc(NC(=O)c2sccc2N)cc1. The lowest BCUT2D eigenvalue weighted by Crippen LogP contribution is -2.11. The van der Waals surface area contributed by atoms with Gasteiger partial charge in [0.1, 0.15) is 4.88 Å². The van der Waals surface area contributed by atoms with Crippen molar-refractivity contribution in [2.24, 2.45) is 0 Å². The summed E-state index contributed by atoms with van der Waals surface area (Å²) >= 11 is 1.34. The Labute approximate surface area is 97.9 Å². The minimum Gasteiger partial charge on any atom is -0.397 e. The summed E-state index contributed by atoms with van der Waals surface area (Å²) in [7, 11) is 0. The predicted molar refractivity (Wildman–Crippen MR) is 67.9 cm³/mol. The second kappa shape index (κ2) is 4.37. The topological polar surface area (TPSA) is 55.1 Å². The van der Waals surface area contributed by atoms with E-state index in [2.05, 4.69) is 5.32 Å². The van der Waals surface area contributed by atoms with Crippen LogP contribution in [-0.2, 0) is 0 Å². The molecule has 0 aliphatic rings. The Morgan fingerprint density at radius 3 is 2.50 bits per heavy atom. The van der Waals surface area contributed by atoms with Gasteiger partial charge in [-0.05, 0) is 30.5 Å². The molecule has 0 unspecified atom stereocenters. The van der Waals surface area contributed by atoms with E-state index >= 15 is 0 Å². The molecule has 3 N–H and O–H groups in total. The number of aryl methyl sites for hydroxylation is 1. The second-order valence-corrected chi connectivity index (χ2v) is 4.44. The summed E-state index contributed by atoms with van der Waals surface area (Å²) in [6.07, 6.45) is 0. The molecule has 1 aromatic carbocycles. The number of rotatable bonds is 2. The second-order valence-electron chi connectivity index (χ2n) is 3.53. The Balaban J connectivity index is 2.14. The Kier molecular flexibility index (Phi) is 2.92. The van der Waals surface area contributed by atoms with Crippen molar-refractivity contribution >= 4 is 28.6 Å². The smallest absolute Gasteiger partial charge is 0.267 e. The first kappa shape index (κ1) is 10.7. The van der Waals surface area contributed by atoms with E-state index in [0.717, 1.165) is 11.3 Å². The summed E-state index contributed by atoms with van der Waals surface area (Å²) in [5.41, 5.74) is 8.13. The van der Waals surface area contributed by atoms with Crippen molar-refractivity contribution in [1.82, 2.24) is 0 Å². The lowest BCUT2D eigenvalue weighted by atomic mass is 10.2. The fourth-order valence-electron chi connectivity index (χ4n) is 1.33. The van der Waals surface area contributed by atoms with Gasteiger partial charge in [0.05, 0.1) is 5.69 Å². The van der Waals surface area contributed by atoms with E-state index in [4.69, 9.17) is 5.73 Å². The first-order valence-electron chi connectivity index (χ1n) is 4.88. The van der Waals surface area contributed by atoms with E-state index in [1.807, 2.05) is 31.2 Å². The highest BCUT2D eigenvalue weighted by molar-refractivity contribution is 7.12. The fraction of sp³-hybridized carbons (Fsp3) is 0.0833. The molecular formula is C12H12N2OS. The summed E-state index contributed by atoms with van der Waals surface area (Å²) < 4.78 is 0. The van der Waals surface area contributed by atoms with Gasteiger partial charge in [0.25, 0.3) is 5.91 Å². The monoisotopic (exact) mass is 232 g/mol. The number of hydrogen-bond acceptors (Lipinski definition) is 3. The summed E-state index contributed by atoms with van der Waals surface area (Å²) in [5, 5.41) is 4.61. The minimum atomic E-state index is -0.156.